The van der Waals surface area contributed by atoms with Crippen molar-refractivity contribution in [3.63, 3.8) is 0 Å². The maximum Gasteiger partial charge on any atom is 0.239 e. The van der Waals surface area contributed by atoms with Crippen molar-refractivity contribution in [3.05, 3.63) is 0 Å². The van der Waals surface area contributed by atoms with E-state index in [-0.39, 0.29) is 36.6 Å². The molecule has 0 saturated heterocycles. The van der Waals surface area contributed by atoms with Crippen LogP contribution in [0.2, 0.25) is 0 Å². The zero-order chi connectivity index (χ0) is 11.8. The first-order valence-corrected chi connectivity index (χ1v) is 5.03. The lowest BCUT2D eigenvalue weighted by Crippen LogP contribution is -2.39. The van der Waals surface area contributed by atoms with Crippen LogP contribution in [0.4, 0.5) is 0 Å². The minimum Gasteiger partial charge on any atom is -0.347 e. The van der Waals surface area contributed by atoms with Crippen molar-refractivity contribution in [1.29, 1.82) is 0 Å². The molecule has 2 amide bonds. The van der Waals surface area contributed by atoms with Crippen LogP contribution in [0, 0.1) is 5.92 Å². The van der Waals surface area contributed by atoms with Crippen LogP contribution >= 0.6 is 0 Å². The molecule has 0 aromatic carbocycles. The summed E-state index contributed by atoms with van der Waals surface area (Å²) in [6, 6.07) is 0. The Balaban J connectivity index is 3.67. The molecule has 0 heterocycles. The van der Waals surface area contributed by atoms with E-state index in [1.807, 2.05) is 0 Å². The van der Waals surface area contributed by atoms with Crippen molar-refractivity contribution in [3.8, 4) is 0 Å². The Morgan fingerprint density at radius 1 is 1.00 bits per heavy atom. The lowest BCUT2D eigenvalue weighted by atomic mass is 10.1. The third-order valence-corrected chi connectivity index (χ3v) is 1.87. The standard InChI is InChI=1S/C10H18N2O3/c1-4-9(14)12-6-10(15)11-5-8(13)7(2)3/h7H,4-6H2,1-3H3,(H,11,15)(H,12,14). The van der Waals surface area contributed by atoms with Gasteiger partial charge in [-0.15, -0.1) is 0 Å². The number of hydrogen-bond acceptors (Lipinski definition) is 3. The number of nitrogens with one attached hydrogen (secondary N) is 2. The molecule has 0 saturated carbocycles. The van der Waals surface area contributed by atoms with Gasteiger partial charge in [-0.05, 0) is 0 Å². The quantitative estimate of drug-likeness (QED) is 0.646. The normalized spacial score (nSPS) is 9.87. The average molecular weight is 214 g/mol. The zero-order valence-electron chi connectivity index (χ0n) is 9.42. The second-order valence-electron chi connectivity index (χ2n) is 3.53. The SMILES string of the molecule is CCC(=O)NCC(=O)NCC(=O)C(C)C. The summed E-state index contributed by atoms with van der Waals surface area (Å²) in [5, 5.41) is 4.86. The van der Waals surface area contributed by atoms with Crippen LogP contribution in [-0.2, 0) is 14.4 Å². The molecule has 5 heteroatoms. The van der Waals surface area contributed by atoms with Gasteiger partial charge < -0.3 is 10.6 Å². The molecule has 0 aliphatic heterocycles. The van der Waals surface area contributed by atoms with Gasteiger partial charge >= 0.3 is 0 Å². The summed E-state index contributed by atoms with van der Waals surface area (Å²) in [5.41, 5.74) is 0. The van der Waals surface area contributed by atoms with Gasteiger partial charge in [0, 0.05) is 12.3 Å². The Morgan fingerprint density at radius 3 is 2.00 bits per heavy atom. The summed E-state index contributed by atoms with van der Waals surface area (Å²) in [4.78, 5) is 33.1. The molecule has 0 aromatic heterocycles. The summed E-state index contributed by atoms with van der Waals surface area (Å²) in [5.74, 6) is -0.633. The van der Waals surface area contributed by atoms with Gasteiger partial charge in [0.1, 0.15) is 0 Å². The summed E-state index contributed by atoms with van der Waals surface area (Å²) in [7, 11) is 0. The highest BCUT2D eigenvalue weighted by Crippen LogP contribution is 1.91. The number of hydrogen-bond donors (Lipinski definition) is 2. The van der Waals surface area contributed by atoms with Crippen LogP contribution in [-0.4, -0.2) is 30.7 Å². The minimum absolute atomic E-state index is 0.0230. The summed E-state index contributed by atoms with van der Waals surface area (Å²) >= 11 is 0. The van der Waals surface area contributed by atoms with E-state index in [1.165, 1.54) is 0 Å². The number of carbonyl (C=O) groups is 3. The van der Waals surface area contributed by atoms with Crippen LogP contribution in [0.15, 0.2) is 0 Å². The van der Waals surface area contributed by atoms with E-state index in [2.05, 4.69) is 10.6 Å². The molecule has 0 fully saturated rings. The predicted octanol–water partition coefficient (Wildman–Crippen LogP) is -0.146. The smallest absolute Gasteiger partial charge is 0.239 e. The average Bonchev–Trinajstić information content (AvgIpc) is 2.21. The Bertz CT molecular complexity index is 249. The van der Waals surface area contributed by atoms with E-state index >= 15 is 0 Å². The molecule has 15 heavy (non-hydrogen) atoms. The predicted molar refractivity (Wildman–Crippen MR) is 56.2 cm³/mol. The van der Waals surface area contributed by atoms with Crippen LogP contribution in [0.5, 0.6) is 0 Å². The van der Waals surface area contributed by atoms with Crippen LogP contribution in [0.1, 0.15) is 27.2 Å². The third kappa shape index (κ3) is 6.65. The fourth-order valence-corrected chi connectivity index (χ4v) is 0.756. The van der Waals surface area contributed by atoms with Gasteiger partial charge in [0.2, 0.25) is 11.8 Å². The molecule has 0 spiro atoms. The van der Waals surface area contributed by atoms with Gasteiger partial charge in [-0.2, -0.15) is 0 Å². The fourth-order valence-electron chi connectivity index (χ4n) is 0.756. The summed E-state index contributed by atoms with van der Waals surface area (Å²) in [6.45, 7) is 5.20. The number of rotatable bonds is 6. The van der Waals surface area contributed by atoms with Crippen molar-refractivity contribution >= 4 is 17.6 Å². The number of ketones is 1. The molecule has 86 valence electrons. The molecule has 0 atom stereocenters. The highest BCUT2D eigenvalue weighted by atomic mass is 16.2. The summed E-state index contributed by atoms with van der Waals surface area (Å²) in [6.07, 6.45) is 0.345. The second-order valence-corrected chi connectivity index (χ2v) is 3.53. The molecule has 0 aliphatic rings. The maximum atomic E-state index is 11.1. The number of Topliss-reactive ketones (excluding diaryl/α,β-unsaturated/α-hetero) is 1. The van der Waals surface area contributed by atoms with Gasteiger partial charge in [-0.3, -0.25) is 14.4 Å². The fraction of sp³-hybridized carbons (Fsp3) is 0.700. The van der Waals surface area contributed by atoms with E-state index in [0.717, 1.165) is 0 Å². The first-order valence-electron chi connectivity index (χ1n) is 5.03. The van der Waals surface area contributed by atoms with E-state index in [9.17, 15) is 14.4 Å². The Kier molecular flexibility index (Phi) is 6.33. The highest BCUT2D eigenvalue weighted by Gasteiger charge is 2.09. The van der Waals surface area contributed by atoms with E-state index < -0.39 is 0 Å². The zero-order valence-corrected chi connectivity index (χ0v) is 9.42. The molecule has 0 radical (unpaired) electrons. The van der Waals surface area contributed by atoms with Gasteiger partial charge in [-0.25, -0.2) is 0 Å². The first kappa shape index (κ1) is 13.6. The molecule has 0 rings (SSSR count). The van der Waals surface area contributed by atoms with Crippen molar-refractivity contribution in [2.75, 3.05) is 13.1 Å². The Morgan fingerprint density at radius 2 is 1.53 bits per heavy atom. The molecular weight excluding hydrogens is 196 g/mol. The molecule has 0 aromatic rings. The van der Waals surface area contributed by atoms with E-state index in [4.69, 9.17) is 0 Å². The van der Waals surface area contributed by atoms with Gasteiger partial charge in [0.15, 0.2) is 5.78 Å². The summed E-state index contributed by atoms with van der Waals surface area (Å²) < 4.78 is 0. The number of carbonyl (C=O) groups excluding carboxylic acids is 3. The van der Waals surface area contributed by atoms with Gasteiger partial charge in [-0.1, -0.05) is 20.8 Å². The maximum absolute atomic E-state index is 11.1. The minimum atomic E-state index is -0.342. The topological polar surface area (TPSA) is 75.3 Å². The van der Waals surface area contributed by atoms with Gasteiger partial charge in [0.25, 0.3) is 0 Å². The third-order valence-electron chi connectivity index (χ3n) is 1.87. The van der Waals surface area contributed by atoms with Crippen molar-refractivity contribution < 1.29 is 14.4 Å². The van der Waals surface area contributed by atoms with Crippen LogP contribution < -0.4 is 10.6 Å². The van der Waals surface area contributed by atoms with Crippen molar-refractivity contribution in [2.24, 2.45) is 5.92 Å². The van der Waals surface area contributed by atoms with E-state index in [0.29, 0.717) is 6.42 Å². The van der Waals surface area contributed by atoms with Crippen molar-refractivity contribution in [2.45, 2.75) is 27.2 Å². The molecule has 0 bridgehead atoms. The molecule has 5 nitrogen and oxygen atoms in total. The molecular formula is C10H18N2O3. The van der Waals surface area contributed by atoms with E-state index in [1.54, 1.807) is 20.8 Å². The van der Waals surface area contributed by atoms with Crippen LogP contribution in [0.3, 0.4) is 0 Å². The first-order chi connectivity index (χ1) is 6.97. The largest absolute Gasteiger partial charge is 0.347 e. The Labute approximate surface area is 89.6 Å². The lowest BCUT2D eigenvalue weighted by Gasteiger charge is -2.07. The number of amides is 2. The van der Waals surface area contributed by atoms with Crippen LogP contribution in [0.25, 0.3) is 0 Å². The molecule has 0 unspecified atom stereocenters. The Hall–Kier alpha value is -1.39. The molecule has 2 N–H and O–H groups in total. The van der Waals surface area contributed by atoms with Crippen molar-refractivity contribution in [1.82, 2.24) is 10.6 Å². The molecule has 0 aliphatic carbocycles. The van der Waals surface area contributed by atoms with Gasteiger partial charge in [0.05, 0.1) is 13.1 Å². The highest BCUT2D eigenvalue weighted by molar-refractivity contribution is 5.89. The second kappa shape index (κ2) is 6.98. The lowest BCUT2D eigenvalue weighted by molar-refractivity contribution is -0.127. The monoisotopic (exact) mass is 214 g/mol.